The molecule has 0 bridgehead atoms. The zero-order chi connectivity index (χ0) is 21.1. The van der Waals surface area contributed by atoms with Gasteiger partial charge in [0, 0.05) is 50.2 Å². The average Bonchev–Trinajstić information content (AvgIpc) is 2.73. The zero-order valence-electron chi connectivity index (χ0n) is 16.9. The molecule has 0 radical (unpaired) electrons. The van der Waals surface area contributed by atoms with Gasteiger partial charge in [0.1, 0.15) is 29.9 Å². The van der Waals surface area contributed by atoms with E-state index in [4.69, 9.17) is 9.15 Å². The van der Waals surface area contributed by atoms with Crippen LogP contribution in [0.5, 0.6) is 5.75 Å². The van der Waals surface area contributed by atoms with Gasteiger partial charge < -0.3 is 19.2 Å². The Morgan fingerprint density at radius 2 is 1.90 bits per heavy atom. The summed E-state index contributed by atoms with van der Waals surface area (Å²) >= 11 is 0. The first-order valence-electron chi connectivity index (χ1n) is 10.1. The van der Waals surface area contributed by atoms with Gasteiger partial charge in [0.25, 0.3) is 0 Å². The molecule has 6 nitrogen and oxygen atoms in total. The van der Waals surface area contributed by atoms with Gasteiger partial charge >= 0.3 is 5.63 Å². The van der Waals surface area contributed by atoms with Crippen molar-refractivity contribution in [3.8, 4) is 5.75 Å². The molecule has 1 aliphatic rings. The number of halogens is 1. The third kappa shape index (κ3) is 4.63. The molecule has 1 N–H and O–H groups in total. The SMILES string of the molecule is Cc1cc(=O)oc2cc(OC[C@@H](O)CN3CCN(c4ccccc4F)CC3)ccc12. The molecule has 0 saturated carbocycles. The number of aliphatic hydroxyl groups is 1. The highest BCUT2D eigenvalue weighted by atomic mass is 19.1. The van der Waals surface area contributed by atoms with Crippen LogP contribution in [0, 0.1) is 12.7 Å². The molecule has 1 aliphatic heterocycles. The van der Waals surface area contributed by atoms with E-state index in [1.807, 2.05) is 24.0 Å². The number of aryl methyl sites for hydroxylation is 1. The predicted octanol–water partition coefficient (Wildman–Crippen LogP) is 2.80. The van der Waals surface area contributed by atoms with Crippen molar-refractivity contribution in [2.45, 2.75) is 13.0 Å². The van der Waals surface area contributed by atoms with Gasteiger partial charge in [0.15, 0.2) is 0 Å². The quantitative estimate of drug-likeness (QED) is 0.628. The number of fused-ring (bicyclic) bond motifs is 1. The van der Waals surface area contributed by atoms with Gasteiger partial charge in [-0.1, -0.05) is 12.1 Å². The standard InChI is InChI=1S/C23H25FN2O4/c1-16-12-23(28)30-22-13-18(6-7-19(16)22)29-15-17(27)14-25-8-10-26(11-9-25)21-5-3-2-4-20(21)24/h2-7,12-13,17,27H,8-11,14-15H2,1H3/t17-/m0/s1. The van der Waals surface area contributed by atoms with Crippen LogP contribution in [0.3, 0.4) is 0 Å². The van der Waals surface area contributed by atoms with E-state index in [0.29, 0.717) is 36.7 Å². The van der Waals surface area contributed by atoms with Crippen LogP contribution >= 0.6 is 0 Å². The minimum Gasteiger partial charge on any atom is -0.491 e. The van der Waals surface area contributed by atoms with Gasteiger partial charge in [0.2, 0.25) is 0 Å². The maximum absolute atomic E-state index is 13.9. The fraction of sp³-hybridized carbons (Fsp3) is 0.348. The van der Waals surface area contributed by atoms with Gasteiger partial charge in [-0.2, -0.15) is 0 Å². The molecule has 0 unspecified atom stereocenters. The van der Waals surface area contributed by atoms with Crippen LogP contribution < -0.4 is 15.3 Å². The third-order valence-electron chi connectivity index (χ3n) is 5.40. The van der Waals surface area contributed by atoms with Crippen LogP contribution in [0.25, 0.3) is 11.0 Å². The molecule has 1 fully saturated rings. The molecule has 1 atom stereocenters. The molecular weight excluding hydrogens is 387 g/mol. The molecule has 2 aromatic carbocycles. The molecule has 4 rings (SSSR count). The van der Waals surface area contributed by atoms with E-state index in [1.165, 1.54) is 12.1 Å². The van der Waals surface area contributed by atoms with Crippen molar-refractivity contribution < 1.29 is 18.7 Å². The first-order valence-corrected chi connectivity index (χ1v) is 10.1. The van der Waals surface area contributed by atoms with Gasteiger partial charge in [-0.15, -0.1) is 0 Å². The summed E-state index contributed by atoms with van der Waals surface area (Å²) in [6, 6.07) is 13.6. The summed E-state index contributed by atoms with van der Waals surface area (Å²) < 4.78 is 24.9. The number of aliphatic hydroxyl groups excluding tert-OH is 1. The monoisotopic (exact) mass is 412 g/mol. The Balaban J connectivity index is 1.28. The maximum Gasteiger partial charge on any atom is 0.336 e. The lowest BCUT2D eigenvalue weighted by Gasteiger charge is -2.36. The number of nitrogens with zero attached hydrogens (tertiary/aromatic N) is 2. The molecule has 158 valence electrons. The highest BCUT2D eigenvalue weighted by Gasteiger charge is 2.21. The lowest BCUT2D eigenvalue weighted by Crippen LogP contribution is -2.49. The van der Waals surface area contributed by atoms with Crippen molar-refractivity contribution in [2.24, 2.45) is 0 Å². The fourth-order valence-electron chi connectivity index (χ4n) is 3.82. The number of β-amino-alcohol motifs (C(OH)–C–C–N with tert-alkyl or cyclic N) is 1. The van der Waals surface area contributed by atoms with Crippen LogP contribution in [0.15, 0.2) is 57.7 Å². The summed E-state index contributed by atoms with van der Waals surface area (Å²) in [5.41, 5.74) is 1.55. The number of para-hydroxylation sites is 1. The summed E-state index contributed by atoms with van der Waals surface area (Å²) in [4.78, 5) is 15.7. The first-order chi connectivity index (χ1) is 14.5. The predicted molar refractivity (Wildman–Crippen MR) is 114 cm³/mol. The number of hydrogen-bond donors (Lipinski definition) is 1. The van der Waals surface area contributed by atoms with E-state index in [1.54, 1.807) is 24.3 Å². The number of benzene rings is 2. The van der Waals surface area contributed by atoms with Crippen LogP contribution in [0.1, 0.15) is 5.56 Å². The van der Waals surface area contributed by atoms with Gasteiger partial charge in [-0.05, 0) is 36.8 Å². The second-order valence-corrected chi connectivity index (χ2v) is 7.61. The number of hydrogen-bond acceptors (Lipinski definition) is 6. The van der Waals surface area contributed by atoms with E-state index < -0.39 is 11.7 Å². The average molecular weight is 412 g/mol. The molecule has 0 amide bonds. The van der Waals surface area contributed by atoms with E-state index in [9.17, 15) is 14.3 Å². The fourth-order valence-corrected chi connectivity index (χ4v) is 3.82. The molecular formula is C23H25FN2O4. The molecule has 2 heterocycles. The van der Waals surface area contributed by atoms with Crippen molar-refractivity contribution in [1.29, 1.82) is 0 Å². The highest BCUT2D eigenvalue weighted by molar-refractivity contribution is 5.81. The molecule has 1 saturated heterocycles. The van der Waals surface area contributed by atoms with E-state index in [0.717, 1.165) is 24.0 Å². The summed E-state index contributed by atoms with van der Waals surface area (Å²) in [6.07, 6.45) is -0.662. The Labute approximate surface area is 174 Å². The minimum atomic E-state index is -0.662. The lowest BCUT2D eigenvalue weighted by molar-refractivity contribution is 0.0663. The minimum absolute atomic E-state index is 0.134. The topological polar surface area (TPSA) is 66.2 Å². The smallest absolute Gasteiger partial charge is 0.336 e. The number of rotatable bonds is 6. The van der Waals surface area contributed by atoms with Crippen molar-refractivity contribution in [3.05, 3.63) is 70.3 Å². The van der Waals surface area contributed by atoms with Crippen molar-refractivity contribution in [2.75, 3.05) is 44.2 Å². The number of ether oxygens (including phenoxy) is 1. The summed E-state index contributed by atoms with van der Waals surface area (Å²) in [6.45, 7) is 5.37. The molecule has 1 aromatic heterocycles. The highest BCUT2D eigenvalue weighted by Crippen LogP contribution is 2.23. The van der Waals surface area contributed by atoms with Crippen molar-refractivity contribution in [3.63, 3.8) is 0 Å². The van der Waals surface area contributed by atoms with Crippen LogP contribution in [-0.4, -0.2) is 55.4 Å². The number of piperazine rings is 1. The summed E-state index contributed by atoms with van der Waals surface area (Å²) in [5, 5.41) is 11.2. The molecule has 0 spiro atoms. The van der Waals surface area contributed by atoms with Gasteiger partial charge in [0.05, 0.1) is 5.69 Å². The second kappa shape index (κ2) is 8.85. The molecule has 3 aromatic rings. The number of anilines is 1. The summed E-state index contributed by atoms with van der Waals surface area (Å²) in [7, 11) is 0. The Hall–Kier alpha value is -2.90. The molecule has 30 heavy (non-hydrogen) atoms. The second-order valence-electron chi connectivity index (χ2n) is 7.61. The van der Waals surface area contributed by atoms with Crippen molar-refractivity contribution in [1.82, 2.24) is 4.90 Å². The Kier molecular flexibility index (Phi) is 6.01. The lowest BCUT2D eigenvalue weighted by atomic mass is 10.1. The largest absolute Gasteiger partial charge is 0.491 e. The Morgan fingerprint density at radius 3 is 2.67 bits per heavy atom. The Bertz CT molecular complexity index is 1080. The first kappa shape index (κ1) is 20.4. The van der Waals surface area contributed by atoms with Crippen LogP contribution in [-0.2, 0) is 0 Å². The van der Waals surface area contributed by atoms with E-state index in [-0.39, 0.29) is 12.4 Å². The van der Waals surface area contributed by atoms with E-state index >= 15 is 0 Å². The third-order valence-corrected chi connectivity index (χ3v) is 5.40. The van der Waals surface area contributed by atoms with E-state index in [2.05, 4.69) is 4.90 Å². The van der Waals surface area contributed by atoms with Crippen molar-refractivity contribution >= 4 is 16.7 Å². The normalized spacial score (nSPS) is 16.0. The van der Waals surface area contributed by atoms with Gasteiger partial charge in [-0.25, -0.2) is 9.18 Å². The van der Waals surface area contributed by atoms with Gasteiger partial charge in [-0.3, -0.25) is 4.90 Å². The Morgan fingerprint density at radius 1 is 1.13 bits per heavy atom. The summed E-state index contributed by atoms with van der Waals surface area (Å²) in [5.74, 6) is 0.334. The van der Waals surface area contributed by atoms with Crippen LogP contribution in [0.4, 0.5) is 10.1 Å². The maximum atomic E-state index is 13.9. The molecule has 7 heteroatoms. The molecule has 0 aliphatic carbocycles. The zero-order valence-corrected chi connectivity index (χ0v) is 16.9. The van der Waals surface area contributed by atoms with Crippen LogP contribution in [0.2, 0.25) is 0 Å².